The number of anilines is 1. The lowest BCUT2D eigenvalue weighted by atomic mass is 10.00. The number of ether oxygens (including phenoxy) is 1. The quantitative estimate of drug-likeness (QED) is 0.916. The van der Waals surface area contributed by atoms with Crippen LogP contribution in [-0.2, 0) is 4.74 Å². The summed E-state index contributed by atoms with van der Waals surface area (Å²) in [4.78, 5) is 4.47. The molecule has 2 unspecified atom stereocenters. The van der Waals surface area contributed by atoms with Gasteiger partial charge in [-0.25, -0.2) is 4.52 Å². The van der Waals surface area contributed by atoms with Crippen LogP contribution in [0.25, 0.3) is 5.65 Å². The van der Waals surface area contributed by atoms with Gasteiger partial charge < -0.3 is 10.1 Å². The third-order valence-electron chi connectivity index (χ3n) is 3.75. The summed E-state index contributed by atoms with van der Waals surface area (Å²) in [5, 5.41) is 7.78. The highest BCUT2D eigenvalue weighted by molar-refractivity contribution is 5.44. The molecule has 1 fully saturated rings. The Morgan fingerprint density at radius 1 is 1.47 bits per heavy atom. The molecule has 1 N–H and O–H groups in total. The first-order valence-electron chi connectivity index (χ1n) is 6.95. The fraction of sp³-hybridized carbons (Fsp3) is 0.571. The van der Waals surface area contributed by atoms with Gasteiger partial charge in [0, 0.05) is 25.3 Å². The molecule has 5 nitrogen and oxygen atoms in total. The van der Waals surface area contributed by atoms with E-state index < -0.39 is 0 Å². The summed E-state index contributed by atoms with van der Waals surface area (Å²) in [5.74, 6) is 1.27. The van der Waals surface area contributed by atoms with Crippen molar-refractivity contribution in [1.82, 2.24) is 14.6 Å². The molecule has 1 aliphatic heterocycles. The van der Waals surface area contributed by atoms with E-state index in [1.54, 1.807) is 0 Å². The molecule has 0 saturated carbocycles. The van der Waals surface area contributed by atoms with Crippen LogP contribution in [0, 0.1) is 12.8 Å². The molecule has 5 heteroatoms. The Hall–Kier alpha value is -1.62. The largest absolute Gasteiger partial charge is 0.378 e. The summed E-state index contributed by atoms with van der Waals surface area (Å²) in [5.41, 5.74) is 2.06. The minimum Gasteiger partial charge on any atom is -0.378 e. The highest BCUT2D eigenvalue weighted by Crippen LogP contribution is 2.23. The van der Waals surface area contributed by atoms with Crippen LogP contribution >= 0.6 is 0 Å². The lowest BCUT2D eigenvalue weighted by Gasteiger charge is -2.16. The third-order valence-corrected chi connectivity index (χ3v) is 3.75. The Kier molecular flexibility index (Phi) is 3.38. The van der Waals surface area contributed by atoms with Crippen LogP contribution in [0.2, 0.25) is 0 Å². The zero-order valence-electron chi connectivity index (χ0n) is 11.5. The van der Waals surface area contributed by atoms with Crippen molar-refractivity contribution in [3.8, 4) is 0 Å². The lowest BCUT2D eigenvalue weighted by molar-refractivity contribution is 0.0900. The minimum atomic E-state index is 0.381. The molecular weight excluding hydrogens is 240 g/mol. The van der Waals surface area contributed by atoms with Crippen molar-refractivity contribution >= 4 is 11.6 Å². The average Bonchev–Trinajstić information content (AvgIpc) is 3.01. The van der Waals surface area contributed by atoms with Crippen LogP contribution in [0.4, 0.5) is 5.95 Å². The molecule has 2 atom stereocenters. The summed E-state index contributed by atoms with van der Waals surface area (Å²) in [6, 6.07) is 4.03. The maximum atomic E-state index is 5.69. The van der Waals surface area contributed by atoms with Gasteiger partial charge in [-0.15, -0.1) is 5.10 Å². The van der Waals surface area contributed by atoms with E-state index in [1.165, 1.54) is 5.56 Å². The van der Waals surface area contributed by atoms with Crippen molar-refractivity contribution in [2.75, 3.05) is 18.5 Å². The van der Waals surface area contributed by atoms with Crippen molar-refractivity contribution in [3.63, 3.8) is 0 Å². The highest BCUT2D eigenvalue weighted by Gasteiger charge is 2.26. The van der Waals surface area contributed by atoms with Crippen molar-refractivity contribution < 1.29 is 4.74 Å². The van der Waals surface area contributed by atoms with Crippen LogP contribution < -0.4 is 5.32 Å². The molecule has 102 valence electrons. The fourth-order valence-electron chi connectivity index (χ4n) is 2.66. The molecule has 3 rings (SSSR count). The van der Waals surface area contributed by atoms with Gasteiger partial charge in [0.25, 0.3) is 0 Å². The molecule has 19 heavy (non-hydrogen) atoms. The number of aryl methyl sites for hydroxylation is 1. The van der Waals surface area contributed by atoms with Gasteiger partial charge in [-0.1, -0.05) is 13.0 Å². The smallest absolute Gasteiger partial charge is 0.243 e. The molecule has 1 saturated heterocycles. The molecule has 0 aromatic carbocycles. The van der Waals surface area contributed by atoms with Gasteiger partial charge in [0.1, 0.15) is 0 Å². The van der Waals surface area contributed by atoms with E-state index in [0.29, 0.717) is 18.0 Å². The normalized spacial score (nSPS) is 23.1. The van der Waals surface area contributed by atoms with Gasteiger partial charge in [0.15, 0.2) is 5.65 Å². The Balaban J connectivity index is 1.68. The second-order valence-electron chi connectivity index (χ2n) is 5.19. The van der Waals surface area contributed by atoms with Crippen LogP contribution in [0.5, 0.6) is 0 Å². The molecular formula is C14H20N4O. The summed E-state index contributed by atoms with van der Waals surface area (Å²) in [6.45, 7) is 5.99. The van der Waals surface area contributed by atoms with E-state index >= 15 is 0 Å². The van der Waals surface area contributed by atoms with Crippen LogP contribution in [-0.4, -0.2) is 33.9 Å². The Bertz CT molecular complexity index is 566. The summed E-state index contributed by atoms with van der Waals surface area (Å²) in [6.07, 6.45) is 4.56. The zero-order valence-corrected chi connectivity index (χ0v) is 11.5. The SMILES string of the molecule is CCC1OCCC1CNc1nc2ccc(C)cn2n1. The third kappa shape index (κ3) is 2.56. The Morgan fingerprint density at radius 2 is 2.37 bits per heavy atom. The summed E-state index contributed by atoms with van der Waals surface area (Å²) >= 11 is 0. The number of hydrogen-bond donors (Lipinski definition) is 1. The van der Waals surface area contributed by atoms with Crippen LogP contribution in [0.1, 0.15) is 25.3 Å². The van der Waals surface area contributed by atoms with Crippen molar-refractivity contribution in [1.29, 1.82) is 0 Å². The van der Waals surface area contributed by atoms with Gasteiger partial charge >= 0.3 is 0 Å². The van der Waals surface area contributed by atoms with Crippen molar-refractivity contribution in [2.24, 2.45) is 5.92 Å². The molecule has 1 aliphatic rings. The number of hydrogen-bond acceptors (Lipinski definition) is 4. The molecule has 0 spiro atoms. The molecule has 3 heterocycles. The summed E-state index contributed by atoms with van der Waals surface area (Å²) < 4.78 is 7.51. The predicted octanol–water partition coefficient (Wildman–Crippen LogP) is 2.26. The number of nitrogens with one attached hydrogen (secondary N) is 1. The van der Waals surface area contributed by atoms with Gasteiger partial charge in [-0.05, 0) is 31.4 Å². The highest BCUT2D eigenvalue weighted by atomic mass is 16.5. The molecule has 2 aromatic heterocycles. The number of fused-ring (bicyclic) bond motifs is 1. The number of nitrogens with zero attached hydrogens (tertiary/aromatic N) is 3. The number of aromatic nitrogens is 3. The first-order valence-corrected chi connectivity index (χ1v) is 6.95. The van der Waals surface area contributed by atoms with E-state index in [2.05, 4.69) is 29.2 Å². The monoisotopic (exact) mass is 260 g/mol. The zero-order chi connectivity index (χ0) is 13.2. The van der Waals surface area contributed by atoms with Gasteiger partial charge in [-0.2, -0.15) is 4.98 Å². The maximum absolute atomic E-state index is 5.69. The molecule has 0 amide bonds. The second kappa shape index (κ2) is 5.17. The number of rotatable bonds is 4. The minimum absolute atomic E-state index is 0.381. The first kappa shape index (κ1) is 12.4. The molecule has 2 aromatic rings. The van der Waals surface area contributed by atoms with E-state index in [1.807, 2.05) is 22.8 Å². The fourth-order valence-corrected chi connectivity index (χ4v) is 2.66. The lowest BCUT2D eigenvalue weighted by Crippen LogP contribution is -2.23. The van der Waals surface area contributed by atoms with E-state index in [9.17, 15) is 0 Å². The Morgan fingerprint density at radius 3 is 3.21 bits per heavy atom. The second-order valence-corrected chi connectivity index (χ2v) is 5.19. The molecule has 0 bridgehead atoms. The van der Waals surface area contributed by atoms with Gasteiger partial charge in [0.2, 0.25) is 5.95 Å². The maximum Gasteiger partial charge on any atom is 0.243 e. The number of pyridine rings is 1. The average molecular weight is 260 g/mol. The standard InChI is InChI=1S/C14H20N4O/c1-3-12-11(6-7-19-12)8-15-14-16-13-5-4-10(2)9-18(13)17-14/h4-5,9,11-12H,3,6-8H2,1-2H3,(H,15,17). The van der Waals surface area contributed by atoms with E-state index in [-0.39, 0.29) is 0 Å². The van der Waals surface area contributed by atoms with E-state index in [0.717, 1.165) is 31.6 Å². The van der Waals surface area contributed by atoms with Crippen molar-refractivity contribution in [3.05, 3.63) is 23.9 Å². The molecule has 0 aliphatic carbocycles. The molecule has 0 radical (unpaired) electrons. The van der Waals surface area contributed by atoms with Gasteiger partial charge in [0.05, 0.1) is 6.10 Å². The summed E-state index contributed by atoms with van der Waals surface area (Å²) in [7, 11) is 0. The predicted molar refractivity (Wildman–Crippen MR) is 74.4 cm³/mol. The van der Waals surface area contributed by atoms with Crippen LogP contribution in [0.15, 0.2) is 18.3 Å². The topological polar surface area (TPSA) is 51.5 Å². The van der Waals surface area contributed by atoms with Crippen molar-refractivity contribution in [2.45, 2.75) is 32.8 Å². The Labute approximate surface area is 113 Å². The van der Waals surface area contributed by atoms with Gasteiger partial charge in [-0.3, -0.25) is 0 Å². The first-order chi connectivity index (χ1) is 9.26. The van der Waals surface area contributed by atoms with E-state index in [4.69, 9.17) is 4.74 Å². The van der Waals surface area contributed by atoms with Crippen LogP contribution in [0.3, 0.4) is 0 Å².